The second-order valence-electron chi connectivity index (χ2n) is 5.62. The van der Waals surface area contributed by atoms with Crippen LogP contribution in [0.4, 0.5) is 5.82 Å². The van der Waals surface area contributed by atoms with Gasteiger partial charge in [0.15, 0.2) is 0 Å². The Kier molecular flexibility index (Phi) is 4.07. The standard InChI is InChI=1S/C17H18N4O3/c1-12-16(20(3)11-22)21-9-13(6-7-15(21)18-12)17(23)19(2)10-14-5-4-8-24-14/h4-9,11H,10H2,1-3H3. The lowest BCUT2D eigenvalue weighted by Crippen LogP contribution is -2.26. The van der Waals surface area contributed by atoms with E-state index in [-0.39, 0.29) is 5.91 Å². The van der Waals surface area contributed by atoms with Crippen molar-refractivity contribution in [1.82, 2.24) is 14.3 Å². The number of imidazole rings is 1. The third-order valence-corrected chi connectivity index (χ3v) is 3.82. The van der Waals surface area contributed by atoms with Gasteiger partial charge in [-0.3, -0.25) is 14.0 Å². The Morgan fingerprint density at radius 1 is 1.33 bits per heavy atom. The first-order valence-corrected chi connectivity index (χ1v) is 7.46. The van der Waals surface area contributed by atoms with E-state index in [1.54, 1.807) is 54.1 Å². The van der Waals surface area contributed by atoms with Gasteiger partial charge in [-0.25, -0.2) is 4.98 Å². The summed E-state index contributed by atoms with van der Waals surface area (Å²) < 4.78 is 7.02. The first-order chi connectivity index (χ1) is 11.5. The molecule has 7 heteroatoms. The molecule has 0 saturated heterocycles. The maximum atomic E-state index is 12.6. The van der Waals surface area contributed by atoms with Crippen LogP contribution in [-0.4, -0.2) is 40.7 Å². The highest BCUT2D eigenvalue weighted by atomic mass is 16.3. The molecule has 7 nitrogen and oxygen atoms in total. The average Bonchev–Trinajstić information content (AvgIpc) is 3.19. The van der Waals surface area contributed by atoms with E-state index in [9.17, 15) is 9.59 Å². The number of pyridine rings is 1. The van der Waals surface area contributed by atoms with Gasteiger partial charge < -0.3 is 14.2 Å². The van der Waals surface area contributed by atoms with Crippen molar-refractivity contribution in [3.63, 3.8) is 0 Å². The lowest BCUT2D eigenvalue weighted by molar-refractivity contribution is -0.107. The maximum Gasteiger partial charge on any atom is 0.255 e. The summed E-state index contributed by atoms with van der Waals surface area (Å²) in [7, 11) is 3.37. The Morgan fingerprint density at radius 3 is 2.79 bits per heavy atom. The van der Waals surface area contributed by atoms with Crippen molar-refractivity contribution < 1.29 is 14.0 Å². The third-order valence-electron chi connectivity index (χ3n) is 3.82. The number of fused-ring (bicyclic) bond motifs is 1. The second kappa shape index (κ2) is 6.19. The zero-order valence-electron chi connectivity index (χ0n) is 13.8. The molecule has 0 radical (unpaired) electrons. The average molecular weight is 326 g/mol. The Bertz CT molecular complexity index is 883. The first kappa shape index (κ1) is 15.8. The second-order valence-corrected chi connectivity index (χ2v) is 5.62. The molecule has 0 aliphatic rings. The van der Waals surface area contributed by atoms with E-state index in [1.807, 2.05) is 13.0 Å². The smallest absolute Gasteiger partial charge is 0.255 e. The number of aromatic nitrogens is 2. The Hall–Kier alpha value is -3.09. The number of rotatable bonds is 5. The van der Waals surface area contributed by atoms with Gasteiger partial charge in [0.25, 0.3) is 5.91 Å². The van der Waals surface area contributed by atoms with Crippen LogP contribution in [0.5, 0.6) is 0 Å². The Labute approximate surface area is 139 Å². The monoisotopic (exact) mass is 326 g/mol. The zero-order valence-corrected chi connectivity index (χ0v) is 13.8. The van der Waals surface area contributed by atoms with Crippen molar-refractivity contribution in [2.75, 3.05) is 19.0 Å². The lowest BCUT2D eigenvalue weighted by Gasteiger charge is -2.16. The van der Waals surface area contributed by atoms with Crippen molar-refractivity contribution in [3.8, 4) is 0 Å². The van der Waals surface area contributed by atoms with E-state index < -0.39 is 0 Å². The van der Waals surface area contributed by atoms with Gasteiger partial charge in [-0.05, 0) is 31.2 Å². The summed E-state index contributed by atoms with van der Waals surface area (Å²) in [5.41, 5.74) is 1.91. The zero-order chi connectivity index (χ0) is 17.3. The van der Waals surface area contributed by atoms with Crippen LogP contribution in [0.1, 0.15) is 21.8 Å². The van der Waals surface area contributed by atoms with Crippen LogP contribution < -0.4 is 4.90 Å². The van der Waals surface area contributed by atoms with Gasteiger partial charge in [0, 0.05) is 20.3 Å². The summed E-state index contributed by atoms with van der Waals surface area (Å²) in [4.78, 5) is 31.2. The molecule has 24 heavy (non-hydrogen) atoms. The molecule has 2 amide bonds. The highest BCUT2D eigenvalue weighted by molar-refractivity contribution is 5.94. The summed E-state index contributed by atoms with van der Waals surface area (Å²) in [6.45, 7) is 2.21. The molecule has 124 valence electrons. The first-order valence-electron chi connectivity index (χ1n) is 7.46. The number of hydrogen-bond donors (Lipinski definition) is 0. The minimum atomic E-state index is -0.139. The van der Waals surface area contributed by atoms with Crippen LogP contribution in [0.2, 0.25) is 0 Å². The van der Waals surface area contributed by atoms with Crippen molar-refractivity contribution >= 4 is 23.8 Å². The van der Waals surface area contributed by atoms with Gasteiger partial charge in [0.05, 0.1) is 24.1 Å². The number of carbonyl (C=O) groups is 2. The van der Waals surface area contributed by atoms with E-state index in [0.717, 1.165) is 5.69 Å². The topological polar surface area (TPSA) is 71.1 Å². The maximum absolute atomic E-state index is 12.6. The molecule has 3 rings (SSSR count). The highest BCUT2D eigenvalue weighted by Gasteiger charge is 2.17. The minimum Gasteiger partial charge on any atom is -0.467 e. The Morgan fingerprint density at radius 2 is 2.12 bits per heavy atom. The summed E-state index contributed by atoms with van der Waals surface area (Å²) in [6.07, 6.45) is 4.00. The molecule has 3 aromatic rings. The molecule has 0 aliphatic heterocycles. The van der Waals surface area contributed by atoms with Crippen molar-refractivity contribution in [3.05, 3.63) is 53.7 Å². The molecule has 0 atom stereocenters. The quantitative estimate of drug-likeness (QED) is 0.673. The van der Waals surface area contributed by atoms with Crippen LogP contribution >= 0.6 is 0 Å². The van der Waals surface area contributed by atoms with Crippen molar-refractivity contribution in [2.45, 2.75) is 13.5 Å². The summed E-state index contributed by atoms with van der Waals surface area (Å²) in [6, 6.07) is 7.11. The fraction of sp³-hybridized carbons (Fsp3) is 0.235. The molecule has 0 unspecified atom stereocenters. The predicted octanol–water partition coefficient (Wildman–Crippen LogP) is 2.10. The lowest BCUT2D eigenvalue weighted by atomic mass is 10.2. The number of furan rings is 1. The van der Waals surface area contributed by atoms with Crippen LogP contribution in [0, 0.1) is 6.92 Å². The van der Waals surface area contributed by atoms with Crippen LogP contribution in [0.25, 0.3) is 5.65 Å². The van der Waals surface area contributed by atoms with E-state index >= 15 is 0 Å². The molecular weight excluding hydrogens is 308 g/mol. The minimum absolute atomic E-state index is 0.139. The Balaban J connectivity index is 1.94. The van der Waals surface area contributed by atoms with Gasteiger partial charge >= 0.3 is 0 Å². The van der Waals surface area contributed by atoms with Crippen LogP contribution in [0.3, 0.4) is 0 Å². The van der Waals surface area contributed by atoms with E-state index in [0.29, 0.717) is 35.7 Å². The van der Waals surface area contributed by atoms with Crippen molar-refractivity contribution in [2.24, 2.45) is 0 Å². The summed E-state index contributed by atoms with van der Waals surface area (Å²) >= 11 is 0. The van der Waals surface area contributed by atoms with Gasteiger partial charge in [0.1, 0.15) is 17.2 Å². The molecule has 0 spiro atoms. The molecule has 0 bridgehead atoms. The van der Waals surface area contributed by atoms with E-state index in [4.69, 9.17) is 4.42 Å². The highest BCUT2D eigenvalue weighted by Crippen LogP contribution is 2.21. The van der Waals surface area contributed by atoms with E-state index in [1.165, 1.54) is 4.90 Å². The number of hydrogen-bond acceptors (Lipinski definition) is 4. The molecular formula is C17H18N4O3. The largest absolute Gasteiger partial charge is 0.467 e. The van der Waals surface area contributed by atoms with Gasteiger partial charge in [-0.1, -0.05) is 0 Å². The summed E-state index contributed by atoms with van der Waals surface area (Å²) in [5, 5.41) is 0. The van der Waals surface area contributed by atoms with Crippen LogP contribution in [-0.2, 0) is 11.3 Å². The molecule has 0 saturated carbocycles. The normalized spacial score (nSPS) is 10.8. The van der Waals surface area contributed by atoms with Gasteiger partial charge in [0.2, 0.25) is 6.41 Å². The number of nitrogens with zero attached hydrogens (tertiary/aromatic N) is 4. The molecule has 0 fully saturated rings. The number of aryl methyl sites for hydroxylation is 1. The van der Waals surface area contributed by atoms with Crippen LogP contribution in [0.15, 0.2) is 41.1 Å². The van der Waals surface area contributed by atoms with Crippen molar-refractivity contribution in [1.29, 1.82) is 0 Å². The third kappa shape index (κ3) is 2.76. The molecule has 0 aromatic carbocycles. The van der Waals surface area contributed by atoms with E-state index in [2.05, 4.69) is 4.98 Å². The van der Waals surface area contributed by atoms with Gasteiger partial charge in [-0.2, -0.15) is 0 Å². The number of carbonyl (C=O) groups excluding carboxylic acids is 2. The summed E-state index contributed by atoms with van der Waals surface area (Å²) in [5.74, 6) is 1.22. The molecule has 0 aliphatic carbocycles. The molecule has 3 aromatic heterocycles. The molecule has 0 N–H and O–H groups in total. The fourth-order valence-electron chi connectivity index (χ4n) is 2.68. The van der Waals surface area contributed by atoms with Gasteiger partial charge in [-0.15, -0.1) is 0 Å². The molecule has 3 heterocycles. The predicted molar refractivity (Wildman–Crippen MR) is 88.9 cm³/mol. The number of anilines is 1. The SMILES string of the molecule is Cc1nc2ccc(C(=O)N(C)Cc3ccco3)cn2c1N(C)C=O. The fourth-order valence-corrected chi connectivity index (χ4v) is 2.68. The number of amides is 2.